The van der Waals surface area contributed by atoms with Crippen LogP contribution in [-0.2, 0) is 0 Å². The molecule has 0 saturated heterocycles. The van der Waals surface area contributed by atoms with Crippen molar-refractivity contribution in [1.29, 1.82) is 0 Å². The number of aromatic nitrogens is 3. The molecule has 10 rings (SSSR count). The lowest BCUT2D eigenvalue weighted by Gasteiger charge is -2.15. The van der Waals surface area contributed by atoms with Crippen LogP contribution in [0.4, 0.5) is 0 Å². The summed E-state index contributed by atoms with van der Waals surface area (Å²) in [5, 5.41) is 9.69. The zero-order valence-corrected chi connectivity index (χ0v) is 26.6. The second-order valence-electron chi connectivity index (χ2n) is 12.6. The van der Waals surface area contributed by atoms with Crippen molar-refractivity contribution in [2.75, 3.05) is 0 Å². The van der Waals surface area contributed by atoms with Crippen LogP contribution < -0.4 is 0 Å². The Morgan fingerprint density at radius 1 is 0.347 bits per heavy atom. The first-order valence-corrected chi connectivity index (χ1v) is 16.7. The second kappa shape index (κ2) is 11.0. The van der Waals surface area contributed by atoms with Gasteiger partial charge in [0.2, 0.25) is 0 Å². The summed E-state index contributed by atoms with van der Waals surface area (Å²) in [6.45, 7) is 0. The Hall–Kier alpha value is -6.58. The van der Waals surface area contributed by atoms with Gasteiger partial charge in [0.25, 0.3) is 0 Å². The number of rotatable bonds is 4. The lowest BCUT2D eigenvalue weighted by molar-refractivity contribution is 1.17. The van der Waals surface area contributed by atoms with Crippen LogP contribution in [-0.4, -0.2) is 14.5 Å². The average molecular weight is 624 g/mol. The third-order valence-electron chi connectivity index (χ3n) is 9.77. The number of hydrogen-bond donors (Lipinski definition) is 0. The van der Waals surface area contributed by atoms with Gasteiger partial charge in [-0.15, -0.1) is 0 Å². The summed E-state index contributed by atoms with van der Waals surface area (Å²) in [7, 11) is 0. The summed E-state index contributed by atoms with van der Waals surface area (Å²) in [6, 6.07) is 62.6. The maximum atomic E-state index is 5.33. The summed E-state index contributed by atoms with van der Waals surface area (Å²) in [5.74, 6) is 0.707. The fourth-order valence-corrected chi connectivity index (χ4v) is 7.52. The number of hydrogen-bond acceptors (Lipinski definition) is 2. The number of para-hydroxylation sites is 2. The Labute approximate surface area is 283 Å². The number of fused-ring (bicyclic) bond motifs is 7. The Kier molecular flexibility index (Phi) is 6.18. The predicted octanol–water partition coefficient (Wildman–Crippen LogP) is 12.0. The van der Waals surface area contributed by atoms with E-state index in [-0.39, 0.29) is 0 Å². The Bertz CT molecular complexity index is 2870. The van der Waals surface area contributed by atoms with Crippen molar-refractivity contribution in [1.82, 2.24) is 14.5 Å². The summed E-state index contributed by atoms with van der Waals surface area (Å²) in [5.41, 5.74) is 8.41. The molecule has 3 heteroatoms. The molecular weight excluding hydrogens is 595 g/mol. The van der Waals surface area contributed by atoms with E-state index in [2.05, 4.69) is 174 Å². The van der Waals surface area contributed by atoms with Gasteiger partial charge in [-0.1, -0.05) is 140 Å². The third-order valence-corrected chi connectivity index (χ3v) is 9.77. The first-order chi connectivity index (χ1) is 24.3. The molecule has 0 radical (unpaired) electrons. The molecule has 0 amide bonds. The van der Waals surface area contributed by atoms with Crippen LogP contribution in [0.5, 0.6) is 0 Å². The average Bonchev–Trinajstić information content (AvgIpc) is 3.51. The third kappa shape index (κ3) is 4.44. The Morgan fingerprint density at radius 2 is 0.980 bits per heavy atom. The number of benzene rings is 8. The lowest BCUT2D eigenvalue weighted by Crippen LogP contribution is -1.98. The molecule has 2 aromatic heterocycles. The molecule has 3 nitrogen and oxygen atoms in total. The molecule has 0 fully saturated rings. The van der Waals surface area contributed by atoms with Gasteiger partial charge in [0.1, 0.15) is 0 Å². The molecule has 0 aliphatic heterocycles. The smallest absolute Gasteiger partial charge is 0.160 e. The van der Waals surface area contributed by atoms with Gasteiger partial charge in [-0.25, -0.2) is 9.97 Å². The molecule has 0 unspecified atom stereocenters. The van der Waals surface area contributed by atoms with Crippen LogP contribution in [0.2, 0.25) is 0 Å². The van der Waals surface area contributed by atoms with Crippen LogP contribution >= 0.6 is 0 Å². The normalized spacial score (nSPS) is 11.7. The Balaban J connectivity index is 1.28. The largest absolute Gasteiger partial charge is 0.309 e. The standard InChI is InChI=1S/C46H29N3/c1-3-14-31(15-4-1)46-47-41(33-24-25-38-37-21-11-12-22-43(37)49(44(38)28-33)34-17-5-2-6-18-34)29-42(48-46)45-36-20-10-8-16-32(36)27-40-35-19-9-7-13-30(35)23-26-39(40)45/h1-29H. The van der Waals surface area contributed by atoms with Gasteiger partial charge in [0, 0.05) is 33.2 Å². The molecular formula is C46H29N3. The van der Waals surface area contributed by atoms with Crippen molar-refractivity contribution in [3.8, 4) is 39.6 Å². The van der Waals surface area contributed by atoms with Gasteiger partial charge in [0.05, 0.1) is 22.4 Å². The summed E-state index contributed by atoms with van der Waals surface area (Å²) < 4.78 is 2.36. The highest BCUT2D eigenvalue weighted by Gasteiger charge is 2.18. The van der Waals surface area contributed by atoms with E-state index in [1.165, 1.54) is 48.6 Å². The zero-order valence-electron chi connectivity index (χ0n) is 26.6. The van der Waals surface area contributed by atoms with Crippen molar-refractivity contribution in [3.63, 3.8) is 0 Å². The van der Waals surface area contributed by atoms with E-state index in [4.69, 9.17) is 9.97 Å². The van der Waals surface area contributed by atoms with E-state index < -0.39 is 0 Å². The van der Waals surface area contributed by atoms with Crippen molar-refractivity contribution in [2.24, 2.45) is 0 Å². The topological polar surface area (TPSA) is 30.7 Å². The van der Waals surface area contributed by atoms with Gasteiger partial charge in [-0.3, -0.25) is 0 Å². The van der Waals surface area contributed by atoms with Gasteiger partial charge < -0.3 is 4.57 Å². The zero-order chi connectivity index (χ0) is 32.3. The van der Waals surface area contributed by atoms with E-state index in [1.54, 1.807) is 0 Å². The van der Waals surface area contributed by atoms with Crippen LogP contribution in [0, 0.1) is 0 Å². The molecule has 228 valence electrons. The van der Waals surface area contributed by atoms with Crippen molar-refractivity contribution in [2.45, 2.75) is 0 Å². The highest BCUT2D eigenvalue weighted by Crippen LogP contribution is 2.41. The minimum absolute atomic E-state index is 0.707. The van der Waals surface area contributed by atoms with E-state index in [0.717, 1.165) is 39.3 Å². The van der Waals surface area contributed by atoms with E-state index >= 15 is 0 Å². The molecule has 10 aromatic rings. The molecule has 0 bridgehead atoms. The van der Waals surface area contributed by atoms with E-state index in [9.17, 15) is 0 Å². The van der Waals surface area contributed by atoms with E-state index in [1.807, 2.05) is 6.07 Å². The first-order valence-electron chi connectivity index (χ1n) is 16.7. The molecule has 0 aliphatic carbocycles. The van der Waals surface area contributed by atoms with E-state index in [0.29, 0.717) is 5.82 Å². The van der Waals surface area contributed by atoms with Gasteiger partial charge in [-0.05, 0) is 68.7 Å². The maximum Gasteiger partial charge on any atom is 0.160 e. The fourth-order valence-electron chi connectivity index (χ4n) is 7.52. The SMILES string of the molecule is c1ccc(-c2nc(-c3ccc4c5ccccc5n(-c5ccccc5)c4c3)cc(-c3c4ccccc4cc4c3ccc3ccccc34)n2)cc1. The van der Waals surface area contributed by atoms with Gasteiger partial charge in [-0.2, -0.15) is 0 Å². The van der Waals surface area contributed by atoms with Crippen LogP contribution in [0.3, 0.4) is 0 Å². The molecule has 0 N–H and O–H groups in total. The molecule has 8 aromatic carbocycles. The van der Waals surface area contributed by atoms with Crippen molar-refractivity contribution in [3.05, 3.63) is 176 Å². The molecule has 0 atom stereocenters. The fraction of sp³-hybridized carbons (Fsp3) is 0. The molecule has 0 spiro atoms. The van der Waals surface area contributed by atoms with Gasteiger partial charge >= 0.3 is 0 Å². The predicted molar refractivity (Wildman–Crippen MR) is 205 cm³/mol. The lowest BCUT2D eigenvalue weighted by atomic mass is 9.91. The maximum absolute atomic E-state index is 5.33. The van der Waals surface area contributed by atoms with Crippen LogP contribution in [0.15, 0.2) is 176 Å². The van der Waals surface area contributed by atoms with Crippen LogP contribution in [0.25, 0.3) is 93.7 Å². The molecule has 0 aliphatic rings. The second-order valence-corrected chi connectivity index (χ2v) is 12.6. The summed E-state index contributed by atoms with van der Waals surface area (Å²) >= 11 is 0. The highest BCUT2D eigenvalue weighted by atomic mass is 15.0. The van der Waals surface area contributed by atoms with Crippen molar-refractivity contribution >= 4 is 54.1 Å². The molecule has 0 saturated carbocycles. The molecule has 49 heavy (non-hydrogen) atoms. The monoisotopic (exact) mass is 623 g/mol. The van der Waals surface area contributed by atoms with Crippen LogP contribution in [0.1, 0.15) is 0 Å². The molecule has 2 heterocycles. The quantitative estimate of drug-likeness (QED) is 0.144. The minimum atomic E-state index is 0.707. The number of nitrogens with zero attached hydrogens (tertiary/aromatic N) is 3. The first kappa shape index (κ1) is 27.5. The summed E-state index contributed by atoms with van der Waals surface area (Å²) in [4.78, 5) is 10.6. The Morgan fingerprint density at radius 3 is 1.82 bits per heavy atom. The highest BCUT2D eigenvalue weighted by molar-refractivity contribution is 6.20. The minimum Gasteiger partial charge on any atom is -0.309 e. The van der Waals surface area contributed by atoms with Gasteiger partial charge in [0.15, 0.2) is 5.82 Å². The summed E-state index contributed by atoms with van der Waals surface area (Å²) in [6.07, 6.45) is 0. The van der Waals surface area contributed by atoms with Crippen molar-refractivity contribution < 1.29 is 0 Å².